The fourth-order valence-electron chi connectivity index (χ4n) is 2.29. The van der Waals surface area contributed by atoms with Gasteiger partial charge in [0.1, 0.15) is 0 Å². The molecule has 17 heavy (non-hydrogen) atoms. The van der Waals surface area contributed by atoms with Crippen molar-refractivity contribution in [3.8, 4) is 0 Å². The summed E-state index contributed by atoms with van der Waals surface area (Å²) in [6.07, 6.45) is 0. The van der Waals surface area contributed by atoms with Crippen molar-refractivity contribution in [2.45, 2.75) is 0 Å². The second kappa shape index (κ2) is 3.43. The molecule has 80 valence electrons. The molecule has 1 heterocycles. The van der Waals surface area contributed by atoms with Crippen molar-refractivity contribution in [2.24, 2.45) is 0 Å². The Kier molecular flexibility index (Phi) is 1.90. The summed E-state index contributed by atoms with van der Waals surface area (Å²) in [6, 6.07) is 17.5. The number of hydrogen-bond donors (Lipinski definition) is 0. The minimum absolute atomic E-state index is 0.426. The Labute approximate surface area is 104 Å². The number of aromatic nitrogens is 1. The molecule has 0 aliphatic heterocycles. The topological polar surface area (TPSA) is 12.9 Å². The molecule has 0 atom stereocenters. The van der Waals surface area contributed by atoms with Gasteiger partial charge in [0.05, 0.1) is 0 Å². The van der Waals surface area contributed by atoms with Crippen LogP contribution in [0.5, 0.6) is 0 Å². The monoisotopic (exact) mass is 283 g/mol. The fraction of sp³-hybridized carbons (Fsp3) is 0. The summed E-state index contributed by atoms with van der Waals surface area (Å²) in [5.41, 5.74) is 1.16. The minimum atomic E-state index is 0.426. The van der Waals surface area contributed by atoms with Crippen LogP contribution in [-0.2, 0) is 0 Å². The van der Waals surface area contributed by atoms with E-state index >= 15 is 0 Å². The second-order valence-electron chi connectivity index (χ2n) is 4.22. The van der Waals surface area contributed by atoms with Gasteiger partial charge in [0.25, 0.3) is 0 Å². The average Bonchev–Trinajstić information content (AvgIpc) is 2.80. The quantitative estimate of drug-likeness (QED) is 0.355. The third-order valence-electron chi connectivity index (χ3n) is 3.15. The summed E-state index contributed by atoms with van der Waals surface area (Å²) < 4.78 is 1.40. The molecular formula is C15H9NSe. The summed E-state index contributed by atoms with van der Waals surface area (Å²) in [5, 5.41) is 7.28. The molecule has 0 fully saturated rings. The zero-order valence-electron chi connectivity index (χ0n) is 9.05. The van der Waals surface area contributed by atoms with Gasteiger partial charge >= 0.3 is 104 Å². The first-order chi connectivity index (χ1) is 8.40. The van der Waals surface area contributed by atoms with Crippen molar-refractivity contribution < 1.29 is 0 Å². The molecule has 0 unspecified atom stereocenters. The predicted octanol–water partition coefficient (Wildman–Crippen LogP) is 3.60. The number of benzene rings is 3. The van der Waals surface area contributed by atoms with E-state index < -0.39 is 0 Å². The molecule has 0 saturated carbocycles. The standard InChI is InChI=1S/C15H9NSe/c1-2-4-11-6-13-8-15-14(16-9-17-15)7-12(13)5-10(11)3-1/h1-9H. The number of fused-ring (bicyclic) bond motifs is 3. The molecule has 1 nitrogen and oxygen atoms in total. The molecule has 1 aromatic heterocycles. The summed E-state index contributed by atoms with van der Waals surface area (Å²) in [5.74, 6) is 0. The van der Waals surface area contributed by atoms with Crippen LogP contribution in [0.3, 0.4) is 0 Å². The van der Waals surface area contributed by atoms with Crippen LogP contribution < -0.4 is 0 Å². The molecule has 0 aliphatic carbocycles. The van der Waals surface area contributed by atoms with Crippen LogP contribution in [-0.4, -0.2) is 19.5 Å². The van der Waals surface area contributed by atoms with E-state index in [0.29, 0.717) is 14.5 Å². The number of hydrogen-bond acceptors (Lipinski definition) is 1. The Morgan fingerprint density at radius 1 is 0.765 bits per heavy atom. The van der Waals surface area contributed by atoms with Gasteiger partial charge in [0.15, 0.2) is 0 Å². The molecule has 0 saturated heterocycles. The van der Waals surface area contributed by atoms with Crippen LogP contribution in [0.1, 0.15) is 0 Å². The molecule has 2 heteroatoms. The van der Waals surface area contributed by atoms with Crippen molar-refractivity contribution in [3.05, 3.63) is 53.6 Å². The van der Waals surface area contributed by atoms with E-state index in [0.717, 1.165) is 5.52 Å². The van der Waals surface area contributed by atoms with Gasteiger partial charge < -0.3 is 0 Å². The van der Waals surface area contributed by atoms with Crippen molar-refractivity contribution in [1.82, 2.24) is 4.98 Å². The third-order valence-corrected chi connectivity index (χ3v) is 4.82. The van der Waals surface area contributed by atoms with Crippen LogP contribution >= 0.6 is 0 Å². The fourth-order valence-corrected chi connectivity index (χ4v) is 3.78. The van der Waals surface area contributed by atoms with Gasteiger partial charge in [0, 0.05) is 0 Å². The summed E-state index contributed by atoms with van der Waals surface area (Å²) >= 11 is 0.426. The van der Waals surface area contributed by atoms with Crippen LogP contribution in [0.2, 0.25) is 0 Å². The molecule has 0 radical (unpaired) electrons. The number of nitrogens with zero attached hydrogens (tertiary/aromatic N) is 1. The Morgan fingerprint density at radius 2 is 1.47 bits per heavy atom. The first-order valence-electron chi connectivity index (χ1n) is 5.56. The van der Waals surface area contributed by atoms with Gasteiger partial charge in [-0.15, -0.1) is 0 Å². The molecule has 3 aromatic carbocycles. The summed E-state index contributed by atoms with van der Waals surface area (Å²) in [7, 11) is 0. The molecule has 0 bridgehead atoms. The molecule has 4 aromatic rings. The summed E-state index contributed by atoms with van der Waals surface area (Å²) in [4.78, 5) is 4.43. The van der Waals surface area contributed by atoms with E-state index in [1.165, 1.54) is 25.8 Å². The second-order valence-corrected chi connectivity index (χ2v) is 6.08. The van der Waals surface area contributed by atoms with Gasteiger partial charge in [-0.05, 0) is 0 Å². The maximum absolute atomic E-state index is 4.43. The normalized spacial score (nSPS) is 11.5. The van der Waals surface area contributed by atoms with Crippen molar-refractivity contribution >= 4 is 45.8 Å². The van der Waals surface area contributed by atoms with Gasteiger partial charge in [-0.2, -0.15) is 0 Å². The predicted molar refractivity (Wildman–Crippen MR) is 73.7 cm³/mol. The molecule has 0 amide bonds. The Hall–Kier alpha value is -1.63. The van der Waals surface area contributed by atoms with Gasteiger partial charge in [0.2, 0.25) is 0 Å². The van der Waals surface area contributed by atoms with E-state index in [2.05, 4.69) is 58.6 Å². The zero-order chi connectivity index (χ0) is 11.2. The Morgan fingerprint density at radius 3 is 2.24 bits per heavy atom. The van der Waals surface area contributed by atoms with Crippen molar-refractivity contribution in [1.29, 1.82) is 0 Å². The molecule has 0 spiro atoms. The SMILES string of the molecule is c1ccc2cc3cc4[se]cnc4cc3cc2c1. The van der Waals surface area contributed by atoms with Crippen LogP contribution in [0.4, 0.5) is 0 Å². The average molecular weight is 282 g/mol. The molecule has 0 N–H and O–H groups in total. The maximum atomic E-state index is 4.43. The van der Waals surface area contributed by atoms with Crippen molar-refractivity contribution in [3.63, 3.8) is 0 Å². The van der Waals surface area contributed by atoms with Gasteiger partial charge in [-0.3, -0.25) is 0 Å². The van der Waals surface area contributed by atoms with Crippen LogP contribution in [0.15, 0.2) is 53.6 Å². The molecular weight excluding hydrogens is 273 g/mol. The van der Waals surface area contributed by atoms with E-state index in [9.17, 15) is 0 Å². The van der Waals surface area contributed by atoms with Crippen molar-refractivity contribution in [2.75, 3.05) is 0 Å². The Bertz CT molecular complexity index is 776. The summed E-state index contributed by atoms with van der Waals surface area (Å²) in [6.45, 7) is 0. The van der Waals surface area contributed by atoms with Crippen LogP contribution in [0, 0.1) is 0 Å². The van der Waals surface area contributed by atoms with E-state index in [-0.39, 0.29) is 0 Å². The zero-order valence-corrected chi connectivity index (χ0v) is 10.8. The molecule has 0 aliphatic rings. The Balaban J connectivity index is 2.23. The third kappa shape index (κ3) is 1.42. The van der Waals surface area contributed by atoms with E-state index in [4.69, 9.17) is 0 Å². The van der Waals surface area contributed by atoms with E-state index in [1.54, 1.807) is 0 Å². The first kappa shape index (κ1) is 9.40. The van der Waals surface area contributed by atoms with Gasteiger partial charge in [-0.1, -0.05) is 0 Å². The van der Waals surface area contributed by atoms with Gasteiger partial charge in [-0.25, -0.2) is 0 Å². The number of rotatable bonds is 0. The van der Waals surface area contributed by atoms with E-state index in [1.807, 2.05) is 0 Å². The van der Waals surface area contributed by atoms with Crippen LogP contribution in [0.25, 0.3) is 31.3 Å². The first-order valence-corrected chi connectivity index (χ1v) is 7.40. The molecule has 4 rings (SSSR count).